The number of esters is 1. The van der Waals surface area contributed by atoms with Crippen LogP contribution in [0.4, 0.5) is 0 Å². The van der Waals surface area contributed by atoms with Crippen molar-refractivity contribution in [2.45, 2.75) is 5.85 Å². The lowest BCUT2D eigenvalue weighted by Crippen LogP contribution is -2.61. The average Bonchev–Trinajstić information content (AvgIpc) is 2.02. The summed E-state index contributed by atoms with van der Waals surface area (Å²) in [5, 5.41) is 0. The predicted octanol–water partition coefficient (Wildman–Crippen LogP) is -3.52. The summed E-state index contributed by atoms with van der Waals surface area (Å²) in [6, 6.07) is 0. The maximum absolute atomic E-state index is 10.6. The smallest absolute Gasteiger partial charge is 0.401 e. The highest BCUT2D eigenvalue weighted by Crippen LogP contribution is 1.95. The SMILES string of the molecule is NCC(=O)OC(N)(N)C(=O)ON. The van der Waals surface area contributed by atoms with Crippen molar-refractivity contribution in [1.29, 1.82) is 0 Å². The van der Waals surface area contributed by atoms with E-state index in [4.69, 9.17) is 17.2 Å². The molecule has 0 unspecified atom stereocenters. The molecule has 0 spiro atoms. The summed E-state index contributed by atoms with van der Waals surface area (Å²) in [5.41, 5.74) is 14.8. The van der Waals surface area contributed by atoms with Crippen molar-refractivity contribution in [2.75, 3.05) is 6.54 Å². The van der Waals surface area contributed by atoms with Gasteiger partial charge in [0.1, 0.15) is 0 Å². The number of hydrogen-bond acceptors (Lipinski definition) is 8. The second-order valence-electron chi connectivity index (χ2n) is 1.88. The standard InChI is InChI=1S/C4H10N4O4/c5-1-2(9)11-4(6,7)3(10)12-8/h1,5-8H2. The summed E-state index contributed by atoms with van der Waals surface area (Å²) in [4.78, 5) is 24.7. The average molecular weight is 178 g/mol. The van der Waals surface area contributed by atoms with Crippen molar-refractivity contribution in [2.24, 2.45) is 23.1 Å². The van der Waals surface area contributed by atoms with Gasteiger partial charge in [0.25, 0.3) is 0 Å². The lowest BCUT2D eigenvalue weighted by Gasteiger charge is -2.19. The molecule has 0 saturated carbocycles. The van der Waals surface area contributed by atoms with Crippen LogP contribution in [0.25, 0.3) is 0 Å². The largest absolute Gasteiger partial charge is 0.418 e. The van der Waals surface area contributed by atoms with E-state index in [9.17, 15) is 9.59 Å². The van der Waals surface area contributed by atoms with Crippen LogP contribution >= 0.6 is 0 Å². The van der Waals surface area contributed by atoms with Gasteiger partial charge in [0, 0.05) is 0 Å². The third-order valence-electron chi connectivity index (χ3n) is 0.875. The van der Waals surface area contributed by atoms with Crippen molar-refractivity contribution in [3.8, 4) is 0 Å². The molecule has 0 aromatic carbocycles. The molecule has 0 heterocycles. The monoisotopic (exact) mass is 178 g/mol. The van der Waals surface area contributed by atoms with Gasteiger partial charge in [-0.2, -0.15) is 5.90 Å². The van der Waals surface area contributed by atoms with E-state index in [-0.39, 0.29) is 0 Å². The molecule has 0 aromatic heterocycles. The quantitative estimate of drug-likeness (QED) is 0.197. The molecule has 8 nitrogen and oxygen atoms in total. The number of hydrogen-bond donors (Lipinski definition) is 4. The van der Waals surface area contributed by atoms with Gasteiger partial charge in [-0.1, -0.05) is 0 Å². The van der Waals surface area contributed by atoms with Crippen LogP contribution in [-0.2, 0) is 19.2 Å². The van der Waals surface area contributed by atoms with Crippen LogP contribution in [0.1, 0.15) is 0 Å². The molecule has 0 aromatic rings. The molecule has 8 N–H and O–H groups in total. The Balaban J connectivity index is 4.21. The van der Waals surface area contributed by atoms with Crippen LogP contribution in [0.3, 0.4) is 0 Å². The number of rotatable bonds is 3. The second-order valence-corrected chi connectivity index (χ2v) is 1.88. The van der Waals surface area contributed by atoms with Crippen LogP contribution in [0.15, 0.2) is 0 Å². The Morgan fingerprint density at radius 3 is 2.17 bits per heavy atom. The summed E-state index contributed by atoms with van der Waals surface area (Å²) in [6.07, 6.45) is 0. The van der Waals surface area contributed by atoms with Crippen molar-refractivity contribution in [3.63, 3.8) is 0 Å². The van der Waals surface area contributed by atoms with E-state index in [2.05, 4.69) is 15.5 Å². The number of carbonyl (C=O) groups excluding carboxylic acids is 2. The van der Waals surface area contributed by atoms with Gasteiger partial charge < -0.3 is 15.3 Å². The van der Waals surface area contributed by atoms with E-state index in [0.717, 1.165) is 0 Å². The molecule has 0 rings (SSSR count). The summed E-state index contributed by atoms with van der Waals surface area (Å²) >= 11 is 0. The first-order chi connectivity index (χ1) is 5.44. The summed E-state index contributed by atoms with van der Waals surface area (Å²) in [6.45, 7) is -0.450. The Kier molecular flexibility index (Phi) is 3.57. The maximum atomic E-state index is 10.6. The van der Waals surface area contributed by atoms with E-state index >= 15 is 0 Å². The second kappa shape index (κ2) is 3.97. The Morgan fingerprint density at radius 2 is 1.83 bits per heavy atom. The first-order valence-electron chi connectivity index (χ1n) is 2.85. The zero-order valence-electron chi connectivity index (χ0n) is 6.15. The van der Waals surface area contributed by atoms with Crippen LogP contribution in [0.2, 0.25) is 0 Å². The molecule has 12 heavy (non-hydrogen) atoms. The molecule has 0 bridgehead atoms. The number of nitrogens with two attached hydrogens (primary N) is 4. The molecule has 0 radical (unpaired) electrons. The third kappa shape index (κ3) is 2.80. The van der Waals surface area contributed by atoms with Crippen LogP contribution in [-0.4, -0.2) is 24.3 Å². The van der Waals surface area contributed by atoms with Crippen LogP contribution in [0, 0.1) is 0 Å². The van der Waals surface area contributed by atoms with Gasteiger partial charge in [0.05, 0.1) is 6.54 Å². The summed E-state index contributed by atoms with van der Waals surface area (Å²) in [5.74, 6) is -0.154. The van der Waals surface area contributed by atoms with Gasteiger partial charge in [-0.3, -0.25) is 16.3 Å². The van der Waals surface area contributed by atoms with Crippen molar-refractivity contribution in [1.82, 2.24) is 0 Å². The molecular formula is C4H10N4O4. The molecule has 0 atom stereocenters. The lowest BCUT2D eigenvalue weighted by atomic mass is 10.4. The van der Waals surface area contributed by atoms with Gasteiger partial charge in [-0.15, -0.1) is 0 Å². The third-order valence-corrected chi connectivity index (χ3v) is 0.875. The highest BCUT2D eigenvalue weighted by Gasteiger charge is 2.35. The fourth-order valence-electron chi connectivity index (χ4n) is 0.364. The van der Waals surface area contributed by atoms with Crippen molar-refractivity contribution < 1.29 is 19.2 Å². The highest BCUT2D eigenvalue weighted by atomic mass is 16.7. The van der Waals surface area contributed by atoms with E-state index in [1.807, 2.05) is 0 Å². The Morgan fingerprint density at radius 1 is 1.33 bits per heavy atom. The first-order valence-corrected chi connectivity index (χ1v) is 2.85. The molecule has 0 aliphatic rings. The van der Waals surface area contributed by atoms with Gasteiger partial charge in [0.15, 0.2) is 0 Å². The molecule has 0 amide bonds. The molecule has 0 aliphatic heterocycles. The Labute approximate surface area is 67.7 Å². The van der Waals surface area contributed by atoms with Gasteiger partial charge in [-0.05, 0) is 0 Å². The molecule has 0 aliphatic carbocycles. The van der Waals surface area contributed by atoms with Crippen molar-refractivity contribution in [3.05, 3.63) is 0 Å². The molecule has 0 saturated heterocycles. The molecule has 70 valence electrons. The first kappa shape index (κ1) is 10.8. The zero-order valence-corrected chi connectivity index (χ0v) is 6.15. The van der Waals surface area contributed by atoms with E-state index < -0.39 is 24.3 Å². The van der Waals surface area contributed by atoms with Gasteiger partial charge in [-0.25, -0.2) is 4.79 Å². The van der Waals surface area contributed by atoms with E-state index in [1.165, 1.54) is 0 Å². The van der Waals surface area contributed by atoms with E-state index in [1.54, 1.807) is 0 Å². The van der Waals surface area contributed by atoms with Gasteiger partial charge in [0.2, 0.25) is 0 Å². The Hall–Kier alpha value is -1.22. The predicted molar refractivity (Wildman–Crippen MR) is 36.5 cm³/mol. The Bertz CT molecular complexity index is 191. The van der Waals surface area contributed by atoms with Crippen LogP contribution < -0.4 is 23.1 Å². The van der Waals surface area contributed by atoms with Gasteiger partial charge >= 0.3 is 17.8 Å². The minimum absolute atomic E-state index is 0.450. The minimum atomic E-state index is -2.38. The lowest BCUT2D eigenvalue weighted by molar-refractivity contribution is -0.181. The minimum Gasteiger partial charge on any atom is -0.418 e. The number of carbonyl (C=O) groups is 2. The molecule has 0 fully saturated rings. The molecular weight excluding hydrogens is 168 g/mol. The van der Waals surface area contributed by atoms with E-state index in [0.29, 0.717) is 0 Å². The summed E-state index contributed by atoms with van der Waals surface area (Å²) < 4.78 is 4.18. The molecule has 8 heteroatoms. The number of ether oxygens (including phenoxy) is 1. The van der Waals surface area contributed by atoms with Crippen LogP contribution in [0.5, 0.6) is 0 Å². The highest BCUT2D eigenvalue weighted by molar-refractivity contribution is 5.82. The normalized spacial score (nSPS) is 10.7. The summed E-state index contributed by atoms with van der Waals surface area (Å²) in [7, 11) is 0. The van der Waals surface area contributed by atoms with Crippen molar-refractivity contribution >= 4 is 11.9 Å². The maximum Gasteiger partial charge on any atom is 0.401 e. The zero-order chi connectivity index (χ0) is 9.78. The fraction of sp³-hybridized carbons (Fsp3) is 0.500. The fourth-order valence-corrected chi connectivity index (χ4v) is 0.364. The topological polar surface area (TPSA) is 157 Å².